The van der Waals surface area contributed by atoms with Gasteiger partial charge in [0.2, 0.25) is 5.91 Å². The van der Waals surface area contributed by atoms with Crippen LogP contribution in [0.15, 0.2) is 18.2 Å². The van der Waals surface area contributed by atoms with Crippen LogP contribution in [0.3, 0.4) is 0 Å². The van der Waals surface area contributed by atoms with E-state index in [0.29, 0.717) is 38.3 Å². The number of carbonyl (C=O) groups excluding carboxylic acids is 2. The van der Waals surface area contributed by atoms with E-state index < -0.39 is 12.1 Å². The van der Waals surface area contributed by atoms with Gasteiger partial charge in [0.05, 0.1) is 11.4 Å². The van der Waals surface area contributed by atoms with Crippen molar-refractivity contribution in [3.8, 4) is 0 Å². The number of anilines is 2. The Morgan fingerprint density at radius 2 is 1.81 bits per heavy atom. The molecule has 26 heavy (non-hydrogen) atoms. The highest BCUT2D eigenvalue weighted by atomic mass is 35.5. The summed E-state index contributed by atoms with van der Waals surface area (Å²) >= 11 is 5.86. The Labute approximate surface area is 155 Å². The van der Waals surface area contributed by atoms with Crippen molar-refractivity contribution in [2.75, 3.05) is 36.4 Å². The largest absolute Gasteiger partial charge is 0.471 e. The highest BCUT2D eigenvalue weighted by molar-refractivity contribution is 6.31. The summed E-state index contributed by atoms with van der Waals surface area (Å²) in [6, 6.07) is 4.41. The van der Waals surface area contributed by atoms with E-state index >= 15 is 0 Å². The molecule has 1 aromatic carbocycles. The van der Waals surface area contributed by atoms with Gasteiger partial charge in [-0.05, 0) is 24.1 Å². The third kappa shape index (κ3) is 5.27. The van der Waals surface area contributed by atoms with Crippen molar-refractivity contribution in [1.82, 2.24) is 4.90 Å². The Hall–Kier alpha value is -1.96. The second-order valence-corrected chi connectivity index (χ2v) is 7.02. The second kappa shape index (κ2) is 8.16. The van der Waals surface area contributed by atoms with Crippen LogP contribution in [-0.2, 0) is 9.59 Å². The summed E-state index contributed by atoms with van der Waals surface area (Å²) in [5.74, 6) is -1.71. The standard InChI is InChI=1S/C17H21ClF3N3O2/c1-11(2)9-15(25)24-7-5-23(6-8-24)14-4-3-12(18)10-13(14)22-16(26)17(19,20)21/h3-4,10-11H,5-9H2,1-2H3,(H,22,26). The number of halogens is 4. The molecule has 5 nitrogen and oxygen atoms in total. The van der Waals surface area contributed by atoms with Crippen molar-refractivity contribution < 1.29 is 22.8 Å². The third-order valence-electron chi connectivity index (χ3n) is 4.02. The summed E-state index contributed by atoms with van der Waals surface area (Å²) in [6.45, 7) is 5.80. The predicted molar refractivity (Wildman–Crippen MR) is 94.4 cm³/mol. The minimum absolute atomic E-state index is 0.00165. The van der Waals surface area contributed by atoms with Crippen LogP contribution in [0, 0.1) is 5.92 Å². The molecule has 1 aromatic rings. The highest BCUT2D eigenvalue weighted by Gasteiger charge is 2.39. The molecule has 0 spiro atoms. The molecule has 0 unspecified atom stereocenters. The van der Waals surface area contributed by atoms with Crippen LogP contribution in [0.1, 0.15) is 20.3 Å². The molecule has 1 fully saturated rings. The molecule has 0 atom stereocenters. The van der Waals surface area contributed by atoms with E-state index in [1.54, 1.807) is 17.0 Å². The number of amides is 2. The quantitative estimate of drug-likeness (QED) is 0.854. The number of hydrogen-bond donors (Lipinski definition) is 1. The topological polar surface area (TPSA) is 52.7 Å². The molecule has 2 rings (SSSR count). The number of benzene rings is 1. The first-order valence-corrected chi connectivity index (χ1v) is 8.66. The fourth-order valence-corrected chi connectivity index (χ4v) is 2.92. The number of hydrogen-bond acceptors (Lipinski definition) is 3. The zero-order valence-corrected chi connectivity index (χ0v) is 15.3. The molecule has 1 N–H and O–H groups in total. The molecule has 1 heterocycles. The van der Waals surface area contributed by atoms with Gasteiger partial charge in [-0.25, -0.2) is 0 Å². The summed E-state index contributed by atoms with van der Waals surface area (Å²) in [7, 11) is 0. The van der Waals surface area contributed by atoms with E-state index in [-0.39, 0.29) is 22.5 Å². The minimum Gasteiger partial charge on any atom is -0.366 e. The predicted octanol–water partition coefficient (Wildman–Crippen LogP) is 3.54. The normalized spacial score (nSPS) is 15.3. The number of nitrogens with one attached hydrogen (secondary N) is 1. The Kier molecular flexibility index (Phi) is 6.39. The maximum absolute atomic E-state index is 12.6. The van der Waals surface area contributed by atoms with Crippen LogP contribution >= 0.6 is 11.6 Å². The van der Waals surface area contributed by atoms with Gasteiger partial charge in [-0.3, -0.25) is 9.59 Å². The average Bonchev–Trinajstić information content (AvgIpc) is 2.53. The summed E-state index contributed by atoms with van der Waals surface area (Å²) in [5.41, 5.74) is 0.449. The number of rotatable bonds is 4. The van der Waals surface area contributed by atoms with E-state index in [9.17, 15) is 22.8 Å². The number of carbonyl (C=O) groups is 2. The Balaban J connectivity index is 2.10. The van der Waals surface area contributed by atoms with Gasteiger partial charge in [0.15, 0.2) is 0 Å². The summed E-state index contributed by atoms with van der Waals surface area (Å²) < 4.78 is 37.7. The van der Waals surface area contributed by atoms with Gasteiger partial charge in [-0.2, -0.15) is 13.2 Å². The molecule has 0 bridgehead atoms. The van der Waals surface area contributed by atoms with Gasteiger partial charge in [0.25, 0.3) is 0 Å². The monoisotopic (exact) mass is 391 g/mol. The Morgan fingerprint density at radius 1 is 1.19 bits per heavy atom. The van der Waals surface area contributed by atoms with Crippen LogP contribution in [0.2, 0.25) is 5.02 Å². The summed E-state index contributed by atoms with van der Waals surface area (Å²) in [4.78, 5) is 27.0. The molecule has 1 saturated heterocycles. The molecule has 0 saturated carbocycles. The van der Waals surface area contributed by atoms with Gasteiger partial charge < -0.3 is 15.1 Å². The van der Waals surface area contributed by atoms with E-state index in [1.807, 2.05) is 24.1 Å². The molecule has 0 radical (unpaired) electrons. The van der Waals surface area contributed by atoms with Gasteiger partial charge in [-0.1, -0.05) is 25.4 Å². The van der Waals surface area contributed by atoms with Gasteiger partial charge in [0, 0.05) is 37.6 Å². The molecule has 0 aromatic heterocycles. The molecule has 1 aliphatic heterocycles. The highest BCUT2D eigenvalue weighted by Crippen LogP contribution is 2.31. The van der Waals surface area contributed by atoms with E-state index in [4.69, 9.17) is 11.6 Å². The first-order chi connectivity index (χ1) is 12.1. The number of alkyl halides is 3. The second-order valence-electron chi connectivity index (χ2n) is 6.58. The van der Waals surface area contributed by atoms with Crippen LogP contribution in [0.5, 0.6) is 0 Å². The molecule has 1 aliphatic rings. The fourth-order valence-electron chi connectivity index (χ4n) is 2.75. The SMILES string of the molecule is CC(C)CC(=O)N1CCN(c2ccc(Cl)cc2NC(=O)C(F)(F)F)CC1. The van der Waals surface area contributed by atoms with Crippen molar-refractivity contribution in [3.05, 3.63) is 23.2 Å². The van der Waals surface area contributed by atoms with Crippen molar-refractivity contribution >= 4 is 34.8 Å². The van der Waals surface area contributed by atoms with Crippen molar-refractivity contribution in [2.45, 2.75) is 26.4 Å². The number of piperazine rings is 1. The maximum atomic E-state index is 12.6. The fraction of sp³-hybridized carbons (Fsp3) is 0.529. The third-order valence-corrected chi connectivity index (χ3v) is 4.26. The molecule has 0 aliphatic carbocycles. The minimum atomic E-state index is -4.98. The molecular formula is C17H21ClF3N3O2. The lowest BCUT2D eigenvalue weighted by atomic mass is 10.1. The lowest BCUT2D eigenvalue weighted by molar-refractivity contribution is -0.167. The molecular weight excluding hydrogens is 371 g/mol. The van der Waals surface area contributed by atoms with Gasteiger partial charge in [-0.15, -0.1) is 0 Å². The van der Waals surface area contributed by atoms with Crippen LogP contribution in [0.25, 0.3) is 0 Å². The van der Waals surface area contributed by atoms with E-state index in [2.05, 4.69) is 0 Å². The zero-order valence-electron chi connectivity index (χ0n) is 14.6. The van der Waals surface area contributed by atoms with Crippen LogP contribution < -0.4 is 10.2 Å². The van der Waals surface area contributed by atoms with E-state index in [0.717, 1.165) is 0 Å². The molecule has 144 valence electrons. The summed E-state index contributed by atoms with van der Waals surface area (Å²) in [6.07, 6.45) is -4.52. The van der Waals surface area contributed by atoms with E-state index in [1.165, 1.54) is 6.07 Å². The van der Waals surface area contributed by atoms with Crippen molar-refractivity contribution in [2.24, 2.45) is 5.92 Å². The number of nitrogens with zero attached hydrogens (tertiary/aromatic N) is 2. The van der Waals surface area contributed by atoms with Gasteiger partial charge >= 0.3 is 12.1 Å². The van der Waals surface area contributed by atoms with Crippen LogP contribution in [-0.4, -0.2) is 49.1 Å². The van der Waals surface area contributed by atoms with Crippen molar-refractivity contribution in [3.63, 3.8) is 0 Å². The lowest BCUT2D eigenvalue weighted by Crippen LogP contribution is -2.49. The Morgan fingerprint density at radius 3 is 2.35 bits per heavy atom. The first kappa shape index (κ1) is 20.4. The van der Waals surface area contributed by atoms with Crippen LogP contribution in [0.4, 0.5) is 24.5 Å². The molecule has 2 amide bonds. The molecule has 9 heteroatoms. The van der Waals surface area contributed by atoms with Crippen molar-refractivity contribution in [1.29, 1.82) is 0 Å². The maximum Gasteiger partial charge on any atom is 0.471 e. The first-order valence-electron chi connectivity index (χ1n) is 8.28. The lowest BCUT2D eigenvalue weighted by Gasteiger charge is -2.37. The zero-order chi connectivity index (χ0) is 19.5. The summed E-state index contributed by atoms with van der Waals surface area (Å²) in [5, 5.41) is 2.10. The Bertz CT molecular complexity index is 672. The smallest absolute Gasteiger partial charge is 0.366 e. The van der Waals surface area contributed by atoms with Gasteiger partial charge in [0.1, 0.15) is 0 Å². The average molecular weight is 392 g/mol.